The monoisotopic (exact) mass is 412 g/mol. The van der Waals surface area contributed by atoms with E-state index in [1.807, 2.05) is 42.5 Å². The average molecular weight is 413 g/mol. The lowest BCUT2D eigenvalue weighted by Gasteiger charge is -2.12. The van der Waals surface area contributed by atoms with E-state index in [4.69, 9.17) is 14.5 Å². The summed E-state index contributed by atoms with van der Waals surface area (Å²) in [5.74, 6) is 2.79. The van der Waals surface area contributed by atoms with Gasteiger partial charge in [-0.3, -0.25) is 0 Å². The van der Waals surface area contributed by atoms with Gasteiger partial charge in [-0.15, -0.1) is 6.58 Å². The summed E-state index contributed by atoms with van der Waals surface area (Å²) >= 11 is 0. The largest absolute Gasteiger partial charge is 0.497 e. The molecule has 4 nitrogen and oxygen atoms in total. The van der Waals surface area contributed by atoms with Crippen LogP contribution in [0.25, 0.3) is 22.4 Å². The van der Waals surface area contributed by atoms with Gasteiger partial charge in [-0.25, -0.2) is 4.98 Å². The number of nitrogens with zero attached hydrogens (tertiary/aromatic N) is 2. The number of aryl methyl sites for hydroxylation is 1. The Bertz CT molecular complexity index is 1150. The molecule has 4 aromatic rings. The highest BCUT2D eigenvalue weighted by atomic mass is 16.5. The normalized spacial score (nSPS) is 10.9. The molecule has 0 atom stereocenters. The molecule has 0 spiro atoms. The van der Waals surface area contributed by atoms with Crippen LogP contribution in [0.4, 0.5) is 0 Å². The molecule has 3 aromatic carbocycles. The Morgan fingerprint density at radius 2 is 1.71 bits per heavy atom. The molecule has 0 radical (unpaired) electrons. The number of rotatable bonds is 10. The molecule has 0 saturated heterocycles. The molecule has 4 rings (SSSR count). The van der Waals surface area contributed by atoms with Gasteiger partial charge in [-0.2, -0.15) is 0 Å². The van der Waals surface area contributed by atoms with Gasteiger partial charge in [-0.1, -0.05) is 36.4 Å². The smallest absolute Gasteiger partial charge is 0.141 e. The molecular formula is C27H28N2O2. The van der Waals surface area contributed by atoms with Crippen molar-refractivity contribution in [1.29, 1.82) is 0 Å². The second-order valence-electron chi connectivity index (χ2n) is 7.46. The summed E-state index contributed by atoms with van der Waals surface area (Å²) in [6, 6.07) is 24.6. The van der Waals surface area contributed by atoms with Crippen LogP contribution in [0.5, 0.6) is 11.5 Å². The van der Waals surface area contributed by atoms with Crippen molar-refractivity contribution in [3.63, 3.8) is 0 Å². The van der Waals surface area contributed by atoms with Crippen molar-refractivity contribution in [2.75, 3.05) is 13.7 Å². The van der Waals surface area contributed by atoms with Crippen molar-refractivity contribution < 1.29 is 9.47 Å². The minimum Gasteiger partial charge on any atom is -0.497 e. The Labute approximate surface area is 183 Å². The molecule has 0 saturated carbocycles. The third kappa shape index (κ3) is 4.80. The van der Waals surface area contributed by atoms with Crippen LogP contribution in [0.3, 0.4) is 0 Å². The number of imidazole rings is 1. The highest BCUT2D eigenvalue weighted by Crippen LogP contribution is 2.27. The molecule has 4 heteroatoms. The van der Waals surface area contributed by atoms with Crippen LogP contribution in [0.15, 0.2) is 85.5 Å². The highest BCUT2D eigenvalue weighted by Gasteiger charge is 2.12. The van der Waals surface area contributed by atoms with E-state index in [-0.39, 0.29) is 0 Å². The minimum absolute atomic E-state index is 0.693. The zero-order valence-electron chi connectivity index (χ0n) is 18.0. The van der Waals surface area contributed by atoms with Crippen LogP contribution in [0.1, 0.15) is 18.4 Å². The molecule has 31 heavy (non-hydrogen) atoms. The summed E-state index contributed by atoms with van der Waals surface area (Å²) in [5, 5.41) is 0. The second kappa shape index (κ2) is 9.98. The van der Waals surface area contributed by atoms with Gasteiger partial charge in [0.05, 0.1) is 24.8 Å². The summed E-state index contributed by atoms with van der Waals surface area (Å²) < 4.78 is 13.7. The van der Waals surface area contributed by atoms with Crippen LogP contribution in [-0.2, 0) is 13.0 Å². The molecular weight excluding hydrogens is 384 g/mol. The summed E-state index contributed by atoms with van der Waals surface area (Å²) in [6.07, 6.45) is 4.71. The van der Waals surface area contributed by atoms with E-state index in [1.165, 1.54) is 5.56 Å². The number of unbranched alkanes of at least 4 members (excludes halogenated alkanes) is 1. The van der Waals surface area contributed by atoms with Crippen LogP contribution in [-0.4, -0.2) is 23.3 Å². The molecule has 0 fully saturated rings. The maximum absolute atomic E-state index is 6.05. The van der Waals surface area contributed by atoms with E-state index in [9.17, 15) is 0 Å². The number of aromatic nitrogens is 2. The van der Waals surface area contributed by atoms with Crippen molar-refractivity contribution in [2.24, 2.45) is 0 Å². The number of hydrogen-bond donors (Lipinski definition) is 0. The van der Waals surface area contributed by atoms with Crippen molar-refractivity contribution in [2.45, 2.75) is 25.8 Å². The zero-order valence-corrected chi connectivity index (χ0v) is 18.0. The van der Waals surface area contributed by atoms with E-state index >= 15 is 0 Å². The molecule has 0 aliphatic heterocycles. The predicted octanol–water partition coefficient (Wildman–Crippen LogP) is 6.30. The number of ether oxygens (including phenoxy) is 2. The Morgan fingerprint density at radius 1 is 0.935 bits per heavy atom. The quantitative estimate of drug-likeness (QED) is 0.226. The van der Waals surface area contributed by atoms with Crippen molar-refractivity contribution in [3.8, 4) is 22.9 Å². The van der Waals surface area contributed by atoms with E-state index < -0.39 is 0 Å². The SMILES string of the molecule is C=CCc1ccccc1OCCCCn1c(-c2ccc(OC)cc2)nc2ccccc21. The standard InChI is InChI=1S/C27H28N2O2/c1-3-10-21-11-4-7-14-26(21)31-20-9-8-19-29-25-13-6-5-12-24(25)28-27(29)22-15-17-23(30-2)18-16-22/h3-7,11-18H,1,8-10,19-20H2,2H3. The zero-order chi connectivity index (χ0) is 21.5. The number of allylic oxidation sites excluding steroid dienone is 1. The lowest BCUT2D eigenvalue weighted by atomic mass is 10.1. The third-order valence-corrected chi connectivity index (χ3v) is 5.37. The van der Waals surface area contributed by atoms with Gasteiger partial charge >= 0.3 is 0 Å². The molecule has 0 aliphatic carbocycles. The maximum atomic E-state index is 6.05. The molecule has 0 aliphatic rings. The van der Waals surface area contributed by atoms with E-state index in [2.05, 4.69) is 47.5 Å². The Morgan fingerprint density at radius 3 is 2.52 bits per heavy atom. The number of fused-ring (bicyclic) bond motifs is 1. The lowest BCUT2D eigenvalue weighted by Crippen LogP contribution is -2.05. The second-order valence-corrected chi connectivity index (χ2v) is 7.46. The van der Waals surface area contributed by atoms with Crippen LogP contribution in [0.2, 0.25) is 0 Å². The Hall–Kier alpha value is -3.53. The summed E-state index contributed by atoms with van der Waals surface area (Å²) in [6.45, 7) is 5.41. The third-order valence-electron chi connectivity index (χ3n) is 5.37. The first-order valence-electron chi connectivity index (χ1n) is 10.7. The van der Waals surface area contributed by atoms with Crippen LogP contribution >= 0.6 is 0 Å². The van der Waals surface area contributed by atoms with Crippen LogP contribution in [0, 0.1) is 0 Å². The van der Waals surface area contributed by atoms with Crippen molar-refractivity contribution in [1.82, 2.24) is 9.55 Å². The van der Waals surface area contributed by atoms with Gasteiger partial charge in [0.1, 0.15) is 17.3 Å². The molecule has 158 valence electrons. The van der Waals surface area contributed by atoms with Gasteiger partial charge in [0.15, 0.2) is 0 Å². The van der Waals surface area contributed by atoms with Gasteiger partial charge < -0.3 is 14.0 Å². The number of benzene rings is 3. The molecule has 0 N–H and O–H groups in total. The van der Waals surface area contributed by atoms with Gasteiger partial charge in [0.2, 0.25) is 0 Å². The van der Waals surface area contributed by atoms with E-state index in [0.717, 1.165) is 59.7 Å². The molecule has 0 bridgehead atoms. The molecule has 0 unspecified atom stereocenters. The Kier molecular flexibility index (Phi) is 6.68. The lowest BCUT2D eigenvalue weighted by molar-refractivity contribution is 0.301. The van der Waals surface area contributed by atoms with E-state index in [1.54, 1.807) is 7.11 Å². The topological polar surface area (TPSA) is 36.3 Å². The molecule has 1 heterocycles. The molecule has 0 amide bonds. The fraction of sp³-hybridized carbons (Fsp3) is 0.222. The highest BCUT2D eigenvalue weighted by molar-refractivity contribution is 5.80. The van der Waals surface area contributed by atoms with E-state index in [0.29, 0.717) is 6.61 Å². The van der Waals surface area contributed by atoms with Gasteiger partial charge in [-0.05, 0) is 67.3 Å². The fourth-order valence-corrected chi connectivity index (χ4v) is 3.79. The van der Waals surface area contributed by atoms with Crippen molar-refractivity contribution in [3.05, 3.63) is 91.0 Å². The summed E-state index contributed by atoms with van der Waals surface area (Å²) in [7, 11) is 1.68. The maximum Gasteiger partial charge on any atom is 0.141 e. The van der Waals surface area contributed by atoms with Crippen LogP contribution < -0.4 is 9.47 Å². The average Bonchev–Trinajstić information content (AvgIpc) is 3.19. The first-order valence-corrected chi connectivity index (χ1v) is 10.7. The fourth-order valence-electron chi connectivity index (χ4n) is 3.79. The van der Waals surface area contributed by atoms with Gasteiger partial charge in [0.25, 0.3) is 0 Å². The van der Waals surface area contributed by atoms with Gasteiger partial charge in [0, 0.05) is 12.1 Å². The minimum atomic E-state index is 0.693. The Balaban J connectivity index is 1.45. The number of para-hydroxylation sites is 3. The predicted molar refractivity (Wildman–Crippen MR) is 127 cm³/mol. The summed E-state index contributed by atoms with van der Waals surface area (Å²) in [4.78, 5) is 4.90. The number of hydrogen-bond acceptors (Lipinski definition) is 3. The molecule has 1 aromatic heterocycles. The first kappa shape index (κ1) is 20.7. The first-order chi connectivity index (χ1) is 15.3. The number of methoxy groups -OCH3 is 1. The summed E-state index contributed by atoms with van der Waals surface area (Å²) in [5.41, 5.74) is 4.44. The van der Waals surface area contributed by atoms with Crippen molar-refractivity contribution >= 4 is 11.0 Å².